The van der Waals surface area contributed by atoms with Gasteiger partial charge in [-0.15, -0.1) is 11.3 Å². The normalized spacial score (nSPS) is 35.1. The van der Waals surface area contributed by atoms with Crippen molar-refractivity contribution >= 4 is 17.2 Å². The van der Waals surface area contributed by atoms with Crippen LogP contribution in [0.2, 0.25) is 0 Å². The quantitative estimate of drug-likeness (QED) is 0.858. The van der Waals surface area contributed by atoms with Gasteiger partial charge in [0.1, 0.15) is 0 Å². The Morgan fingerprint density at radius 2 is 2.29 bits per heavy atom. The molecule has 1 aromatic heterocycles. The summed E-state index contributed by atoms with van der Waals surface area (Å²) >= 11 is 1.68. The Morgan fingerprint density at radius 1 is 1.47 bits per heavy atom. The summed E-state index contributed by atoms with van der Waals surface area (Å²) in [7, 11) is 0. The molecule has 2 fully saturated rings. The molecule has 0 aliphatic heterocycles. The number of carbonyl (C=O) groups excluding carboxylic acids is 1. The molecule has 3 rings (SSSR count). The van der Waals surface area contributed by atoms with E-state index in [0.717, 1.165) is 6.42 Å². The molecule has 4 unspecified atom stereocenters. The minimum Gasteiger partial charge on any atom is -0.351 e. The summed E-state index contributed by atoms with van der Waals surface area (Å²) in [6.07, 6.45) is 3.58. The highest BCUT2D eigenvalue weighted by atomic mass is 32.1. The molecule has 3 N–H and O–H groups in total. The van der Waals surface area contributed by atoms with Gasteiger partial charge < -0.3 is 11.1 Å². The second-order valence-corrected chi connectivity index (χ2v) is 6.27. The third-order valence-corrected chi connectivity index (χ3v) is 5.18. The SMILES string of the molecule is NC1C2CCC(C2)C1C(=O)NCc1cccs1. The van der Waals surface area contributed by atoms with E-state index in [2.05, 4.69) is 5.32 Å². The highest BCUT2D eigenvalue weighted by Crippen LogP contribution is 2.47. The zero-order chi connectivity index (χ0) is 11.8. The molecule has 2 saturated carbocycles. The van der Waals surface area contributed by atoms with Gasteiger partial charge in [-0.05, 0) is 42.5 Å². The van der Waals surface area contributed by atoms with E-state index in [4.69, 9.17) is 5.73 Å². The highest BCUT2D eigenvalue weighted by Gasteiger charge is 2.48. The van der Waals surface area contributed by atoms with Crippen LogP contribution in [-0.2, 0) is 11.3 Å². The molecule has 2 bridgehead atoms. The van der Waals surface area contributed by atoms with Crippen molar-refractivity contribution in [2.24, 2.45) is 23.5 Å². The van der Waals surface area contributed by atoms with Gasteiger partial charge in [0.15, 0.2) is 0 Å². The first kappa shape index (κ1) is 11.2. The Morgan fingerprint density at radius 3 is 2.94 bits per heavy atom. The van der Waals surface area contributed by atoms with Crippen LogP contribution in [0.5, 0.6) is 0 Å². The first-order valence-electron chi connectivity index (χ1n) is 6.31. The maximum Gasteiger partial charge on any atom is 0.225 e. The third-order valence-electron chi connectivity index (χ3n) is 4.30. The zero-order valence-corrected chi connectivity index (χ0v) is 10.6. The van der Waals surface area contributed by atoms with Crippen molar-refractivity contribution in [3.8, 4) is 0 Å². The first-order valence-corrected chi connectivity index (χ1v) is 7.19. The molecular formula is C13H18N2OS. The second-order valence-electron chi connectivity index (χ2n) is 5.23. The fourth-order valence-electron chi connectivity index (χ4n) is 3.43. The van der Waals surface area contributed by atoms with Crippen molar-refractivity contribution in [3.05, 3.63) is 22.4 Å². The van der Waals surface area contributed by atoms with Crippen LogP contribution >= 0.6 is 11.3 Å². The molecular weight excluding hydrogens is 232 g/mol. The van der Waals surface area contributed by atoms with Gasteiger partial charge in [-0.3, -0.25) is 4.79 Å². The van der Waals surface area contributed by atoms with Crippen molar-refractivity contribution in [2.45, 2.75) is 31.8 Å². The van der Waals surface area contributed by atoms with Gasteiger partial charge in [0.25, 0.3) is 0 Å². The summed E-state index contributed by atoms with van der Waals surface area (Å²) in [6, 6.07) is 4.15. The lowest BCUT2D eigenvalue weighted by molar-refractivity contribution is -0.127. The standard InChI is InChI=1S/C13H18N2OS/c14-12-9-4-3-8(6-9)11(12)13(16)15-7-10-2-1-5-17-10/h1-2,5,8-9,11-12H,3-4,6-7,14H2,(H,15,16). The third kappa shape index (κ3) is 2.00. The molecule has 2 aliphatic rings. The predicted molar refractivity (Wildman–Crippen MR) is 68.5 cm³/mol. The number of nitrogens with one attached hydrogen (secondary N) is 1. The number of hydrogen-bond acceptors (Lipinski definition) is 3. The van der Waals surface area contributed by atoms with Crippen molar-refractivity contribution < 1.29 is 4.79 Å². The summed E-state index contributed by atoms with van der Waals surface area (Å²) in [6.45, 7) is 0.650. The smallest absolute Gasteiger partial charge is 0.225 e. The van der Waals surface area contributed by atoms with Gasteiger partial charge >= 0.3 is 0 Å². The van der Waals surface area contributed by atoms with Crippen molar-refractivity contribution in [3.63, 3.8) is 0 Å². The monoisotopic (exact) mass is 250 g/mol. The summed E-state index contributed by atoms with van der Waals surface area (Å²) < 4.78 is 0. The van der Waals surface area contributed by atoms with Gasteiger partial charge in [0, 0.05) is 10.9 Å². The number of rotatable bonds is 3. The lowest BCUT2D eigenvalue weighted by Crippen LogP contribution is -2.45. The Bertz CT molecular complexity index is 402. The van der Waals surface area contributed by atoms with Crippen LogP contribution in [0, 0.1) is 17.8 Å². The number of fused-ring (bicyclic) bond motifs is 2. The summed E-state index contributed by atoms with van der Waals surface area (Å²) in [5.41, 5.74) is 6.16. The fraction of sp³-hybridized carbons (Fsp3) is 0.615. The van der Waals surface area contributed by atoms with E-state index >= 15 is 0 Å². The Hall–Kier alpha value is -0.870. The summed E-state index contributed by atoms with van der Waals surface area (Å²) in [4.78, 5) is 13.4. The van der Waals surface area contributed by atoms with Crippen LogP contribution in [0.1, 0.15) is 24.1 Å². The van der Waals surface area contributed by atoms with Crippen molar-refractivity contribution in [1.82, 2.24) is 5.32 Å². The Kier molecular flexibility index (Phi) is 2.92. The maximum atomic E-state index is 12.2. The molecule has 3 nitrogen and oxygen atoms in total. The van der Waals surface area contributed by atoms with E-state index in [0.29, 0.717) is 18.4 Å². The van der Waals surface area contributed by atoms with Gasteiger partial charge in [0.05, 0.1) is 12.5 Å². The summed E-state index contributed by atoms with van der Waals surface area (Å²) in [5, 5.41) is 5.07. The van der Waals surface area contributed by atoms with E-state index in [1.807, 2.05) is 17.5 Å². The zero-order valence-electron chi connectivity index (χ0n) is 9.76. The van der Waals surface area contributed by atoms with Gasteiger partial charge in [0.2, 0.25) is 5.91 Å². The molecule has 17 heavy (non-hydrogen) atoms. The average molecular weight is 250 g/mol. The lowest BCUT2D eigenvalue weighted by Gasteiger charge is -2.26. The van der Waals surface area contributed by atoms with Crippen LogP contribution < -0.4 is 11.1 Å². The molecule has 1 aromatic rings. The second kappa shape index (κ2) is 4.42. The van der Waals surface area contributed by atoms with Crippen LogP contribution in [0.4, 0.5) is 0 Å². The van der Waals surface area contributed by atoms with Crippen LogP contribution in [0.15, 0.2) is 17.5 Å². The Labute approximate surface area is 105 Å². The predicted octanol–water partition coefficient (Wildman–Crippen LogP) is 1.74. The molecule has 0 saturated heterocycles. The molecule has 0 aromatic carbocycles. The fourth-order valence-corrected chi connectivity index (χ4v) is 4.07. The molecule has 2 aliphatic carbocycles. The number of nitrogens with two attached hydrogens (primary N) is 1. The molecule has 0 spiro atoms. The van der Waals surface area contributed by atoms with E-state index < -0.39 is 0 Å². The first-order chi connectivity index (χ1) is 8.25. The van der Waals surface area contributed by atoms with Crippen LogP contribution in [-0.4, -0.2) is 11.9 Å². The number of amides is 1. The summed E-state index contributed by atoms with van der Waals surface area (Å²) in [5.74, 6) is 1.36. The highest BCUT2D eigenvalue weighted by molar-refractivity contribution is 7.09. The van der Waals surface area contributed by atoms with Crippen LogP contribution in [0.25, 0.3) is 0 Å². The largest absolute Gasteiger partial charge is 0.351 e. The Balaban J connectivity index is 1.59. The van der Waals surface area contributed by atoms with E-state index in [-0.39, 0.29) is 17.9 Å². The van der Waals surface area contributed by atoms with Gasteiger partial charge in [-0.2, -0.15) is 0 Å². The average Bonchev–Trinajstić information content (AvgIpc) is 3.02. The molecule has 92 valence electrons. The van der Waals surface area contributed by atoms with Crippen molar-refractivity contribution in [1.29, 1.82) is 0 Å². The van der Waals surface area contributed by atoms with E-state index in [9.17, 15) is 4.79 Å². The number of thiophene rings is 1. The maximum absolute atomic E-state index is 12.2. The minimum absolute atomic E-state index is 0.0636. The van der Waals surface area contributed by atoms with E-state index in [1.54, 1.807) is 11.3 Å². The van der Waals surface area contributed by atoms with E-state index in [1.165, 1.54) is 17.7 Å². The van der Waals surface area contributed by atoms with Gasteiger partial charge in [-0.25, -0.2) is 0 Å². The topological polar surface area (TPSA) is 55.1 Å². The molecule has 1 amide bonds. The van der Waals surface area contributed by atoms with Crippen LogP contribution in [0.3, 0.4) is 0 Å². The molecule has 1 heterocycles. The molecule has 0 radical (unpaired) electrons. The minimum atomic E-state index is 0.0636. The molecule has 4 heteroatoms. The molecule has 4 atom stereocenters. The van der Waals surface area contributed by atoms with Gasteiger partial charge in [-0.1, -0.05) is 6.07 Å². The lowest BCUT2D eigenvalue weighted by atomic mass is 9.84. The van der Waals surface area contributed by atoms with Crippen molar-refractivity contribution in [2.75, 3.05) is 0 Å². The number of carbonyl (C=O) groups is 1. The number of hydrogen-bond donors (Lipinski definition) is 2.